The van der Waals surface area contributed by atoms with Gasteiger partial charge in [-0.25, -0.2) is 4.39 Å². The Kier molecular flexibility index (Phi) is 6.56. The molecule has 1 heterocycles. The molecule has 176 valence electrons. The molecule has 3 aliphatic rings. The first kappa shape index (κ1) is 22.6. The van der Waals surface area contributed by atoms with E-state index in [1.54, 1.807) is 12.1 Å². The largest absolute Gasteiger partial charge is 0.460 e. The number of hydrogen-bond acceptors (Lipinski definition) is 3. The van der Waals surface area contributed by atoms with Crippen molar-refractivity contribution in [1.82, 2.24) is 4.90 Å². The number of carbonyl (C=O) groups excluding carboxylic acids is 1. The van der Waals surface area contributed by atoms with Gasteiger partial charge in [0.1, 0.15) is 12.4 Å². The SMILES string of the molecule is C[C@@H]1CN(C2CCC(C(=O)OCc3ccccc3)(C3CC3)CC2)CC[C@H]1c1ccc(F)cc1. The lowest BCUT2D eigenvalue weighted by Gasteiger charge is -2.46. The third kappa shape index (κ3) is 4.87. The molecule has 2 aromatic carbocycles. The van der Waals surface area contributed by atoms with Crippen LogP contribution in [0.3, 0.4) is 0 Å². The fourth-order valence-electron chi connectivity index (χ4n) is 6.48. The van der Waals surface area contributed by atoms with E-state index in [1.165, 1.54) is 18.4 Å². The lowest BCUT2D eigenvalue weighted by Crippen LogP contribution is -2.49. The van der Waals surface area contributed by atoms with Gasteiger partial charge in [-0.2, -0.15) is 0 Å². The number of nitrogens with zero attached hydrogens (tertiary/aromatic N) is 1. The van der Waals surface area contributed by atoms with Crippen LogP contribution in [-0.4, -0.2) is 30.0 Å². The number of benzene rings is 2. The normalized spacial score (nSPS) is 30.7. The summed E-state index contributed by atoms with van der Waals surface area (Å²) in [5.74, 6) is 1.45. The van der Waals surface area contributed by atoms with Crippen LogP contribution in [0.1, 0.15) is 68.9 Å². The highest BCUT2D eigenvalue weighted by Crippen LogP contribution is 2.55. The van der Waals surface area contributed by atoms with Crippen molar-refractivity contribution in [1.29, 1.82) is 0 Å². The van der Waals surface area contributed by atoms with Gasteiger partial charge in [-0.05, 0) is 92.5 Å². The Labute approximate surface area is 197 Å². The third-order valence-corrected chi connectivity index (χ3v) is 8.58. The van der Waals surface area contributed by atoms with Gasteiger partial charge in [-0.3, -0.25) is 4.79 Å². The zero-order valence-electron chi connectivity index (χ0n) is 19.7. The Hall–Kier alpha value is -2.20. The molecular formula is C29H36FNO2. The molecular weight excluding hydrogens is 413 g/mol. The van der Waals surface area contributed by atoms with E-state index >= 15 is 0 Å². The van der Waals surface area contributed by atoms with E-state index in [4.69, 9.17) is 4.74 Å². The molecule has 0 spiro atoms. The summed E-state index contributed by atoms with van der Waals surface area (Å²) in [6.07, 6.45) is 7.56. The Morgan fingerprint density at radius 2 is 1.70 bits per heavy atom. The average Bonchev–Trinajstić information content (AvgIpc) is 3.70. The molecule has 0 bridgehead atoms. The Balaban J connectivity index is 1.17. The van der Waals surface area contributed by atoms with Gasteiger partial charge in [0.15, 0.2) is 0 Å². The minimum atomic E-state index is -0.261. The molecule has 1 aliphatic heterocycles. The molecule has 3 fully saturated rings. The zero-order chi connectivity index (χ0) is 22.8. The summed E-state index contributed by atoms with van der Waals surface area (Å²) in [6, 6.07) is 17.7. The molecule has 4 heteroatoms. The number of rotatable bonds is 6. The summed E-state index contributed by atoms with van der Waals surface area (Å²) >= 11 is 0. The lowest BCUT2D eigenvalue weighted by atomic mass is 9.68. The number of carbonyl (C=O) groups is 1. The van der Waals surface area contributed by atoms with Gasteiger partial charge < -0.3 is 9.64 Å². The molecule has 0 unspecified atom stereocenters. The second-order valence-electron chi connectivity index (χ2n) is 10.6. The summed E-state index contributed by atoms with van der Waals surface area (Å²) < 4.78 is 19.2. The maximum Gasteiger partial charge on any atom is 0.312 e. The predicted molar refractivity (Wildman–Crippen MR) is 128 cm³/mol. The number of hydrogen-bond donors (Lipinski definition) is 0. The van der Waals surface area contributed by atoms with Gasteiger partial charge in [-0.1, -0.05) is 49.4 Å². The molecule has 2 aromatic rings. The van der Waals surface area contributed by atoms with E-state index in [1.807, 2.05) is 42.5 Å². The van der Waals surface area contributed by atoms with Crippen molar-refractivity contribution in [2.24, 2.45) is 17.3 Å². The van der Waals surface area contributed by atoms with Crippen molar-refractivity contribution in [2.75, 3.05) is 13.1 Å². The Morgan fingerprint density at radius 1 is 1.00 bits per heavy atom. The van der Waals surface area contributed by atoms with Crippen molar-refractivity contribution in [3.05, 3.63) is 71.5 Å². The predicted octanol–water partition coefficient (Wildman–Crippen LogP) is 6.33. The van der Waals surface area contributed by atoms with Gasteiger partial charge in [-0.15, -0.1) is 0 Å². The van der Waals surface area contributed by atoms with Gasteiger partial charge in [0, 0.05) is 12.6 Å². The first-order chi connectivity index (χ1) is 16.0. The van der Waals surface area contributed by atoms with Crippen LogP contribution in [-0.2, 0) is 16.1 Å². The van der Waals surface area contributed by atoms with Crippen LogP contribution in [0, 0.1) is 23.1 Å². The topological polar surface area (TPSA) is 29.5 Å². The lowest BCUT2D eigenvalue weighted by molar-refractivity contribution is -0.162. The van der Waals surface area contributed by atoms with Crippen molar-refractivity contribution < 1.29 is 13.9 Å². The highest BCUT2D eigenvalue weighted by Gasteiger charge is 2.53. The maximum atomic E-state index is 13.3. The molecule has 1 saturated heterocycles. The number of likely N-dealkylation sites (tertiary alicyclic amines) is 1. The molecule has 2 atom stereocenters. The summed E-state index contributed by atoms with van der Waals surface area (Å²) in [6.45, 7) is 4.89. The van der Waals surface area contributed by atoms with Gasteiger partial charge in [0.2, 0.25) is 0 Å². The maximum absolute atomic E-state index is 13.3. The minimum Gasteiger partial charge on any atom is -0.460 e. The molecule has 0 radical (unpaired) electrons. The molecule has 0 amide bonds. The molecule has 0 aromatic heterocycles. The highest BCUT2D eigenvalue weighted by molar-refractivity contribution is 5.78. The van der Waals surface area contributed by atoms with Gasteiger partial charge in [0.25, 0.3) is 0 Å². The van der Waals surface area contributed by atoms with E-state index in [0.717, 1.165) is 50.8 Å². The van der Waals surface area contributed by atoms with Crippen LogP contribution in [0.2, 0.25) is 0 Å². The zero-order valence-corrected chi connectivity index (χ0v) is 19.7. The molecule has 0 N–H and O–H groups in total. The van der Waals surface area contributed by atoms with Crippen LogP contribution in [0.25, 0.3) is 0 Å². The molecule has 2 aliphatic carbocycles. The highest BCUT2D eigenvalue weighted by atomic mass is 19.1. The van der Waals surface area contributed by atoms with Crippen LogP contribution in [0.15, 0.2) is 54.6 Å². The fourth-order valence-corrected chi connectivity index (χ4v) is 6.48. The smallest absolute Gasteiger partial charge is 0.312 e. The van der Waals surface area contributed by atoms with Crippen molar-refractivity contribution in [3.8, 4) is 0 Å². The molecule has 2 saturated carbocycles. The number of esters is 1. The number of ether oxygens (including phenoxy) is 1. The summed E-state index contributed by atoms with van der Waals surface area (Å²) in [5, 5.41) is 0. The van der Waals surface area contributed by atoms with E-state index in [0.29, 0.717) is 30.4 Å². The van der Waals surface area contributed by atoms with Crippen molar-refractivity contribution in [2.45, 2.75) is 70.4 Å². The van der Waals surface area contributed by atoms with Gasteiger partial charge >= 0.3 is 5.97 Å². The number of halogens is 1. The number of piperidine rings is 1. The van der Waals surface area contributed by atoms with E-state index in [-0.39, 0.29) is 17.2 Å². The van der Waals surface area contributed by atoms with Crippen LogP contribution in [0.4, 0.5) is 4.39 Å². The third-order valence-electron chi connectivity index (χ3n) is 8.58. The van der Waals surface area contributed by atoms with E-state index in [2.05, 4.69) is 11.8 Å². The molecule has 33 heavy (non-hydrogen) atoms. The summed E-state index contributed by atoms with van der Waals surface area (Å²) in [5.41, 5.74) is 2.06. The van der Waals surface area contributed by atoms with E-state index in [9.17, 15) is 9.18 Å². The summed E-state index contributed by atoms with van der Waals surface area (Å²) in [7, 11) is 0. The monoisotopic (exact) mass is 449 g/mol. The first-order valence-electron chi connectivity index (χ1n) is 12.8. The van der Waals surface area contributed by atoms with Crippen LogP contribution >= 0.6 is 0 Å². The van der Waals surface area contributed by atoms with Crippen molar-refractivity contribution in [3.63, 3.8) is 0 Å². The minimum absolute atomic E-state index is 0.0377. The quantitative estimate of drug-likeness (QED) is 0.483. The van der Waals surface area contributed by atoms with Gasteiger partial charge in [0.05, 0.1) is 5.41 Å². The Morgan fingerprint density at radius 3 is 2.33 bits per heavy atom. The van der Waals surface area contributed by atoms with E-state index < -0.39 is 0 Å². The second-order valence-corrected chi connectivity index (χ2v) is 10.6. The molecule has 5 rings (SSSR count). The van der Waals surface area contributed by atoms with Crippen LogP contribution in [0.5, 0.6) is 0 Å². The Bertz CT molecular complexity index is 932. The standard InChI is InChI=1S/C29H36FNO2/c1-21-19-31(18-15-27(21)23-7-11-25(30)12-8-23)26-13-16-29(17-14-26,24-9-10-24)28(32)33-20-22-5-3-2-4-6-22/h2-8,11-12,21,24,26-27H,9-10,13-20H2,1H3/t21-,26?,27-,29?/m1/s1. The first-order valence-corrected chi connectivity index (χ1v) is 12.8. The van der Waals surface area contributed by atoms with Crippen LogP contribution < -0.4 is 0 Å². The second kappa shape index (κ2) is 9.58. The average molecular weight is 450 g/mol. The molecule has 3 nitrogen and oxygen atoms in total. The van der Waals surface area contributed by atoms with Crippen molar-refractivity contribution >= 4 is 5.97 Å². The summed E-state index contributed by atoms with van der Waals surface area (Å²) in [4.78, 5) is 15.9. The fraction of sp³-hybridized carbons (Fsp3) is 0.552.